The highest BCUT2D eigenvalue weighted by atomic mass is 16.6. The highest BCUT2D eigenvalue weighted by Crippen LogP contribution is 2.18. The van der Waals surface area contributed by atoms with E-state index in [9.17, 15) is 4.79 Å². The van der Waals surface area contributed by atoms with Crippen molar-refractivity contribution in [3.8, 4) is 0 Å². The van der Waals surface area contributed by atoms with Gasteiger partial charge in [-0.25, -0.2) is 4.79 Å². The molecule has 0 bridgehead atoms. The van der Waals surface area contributed by atoms with E-state index in [1.54, 1.807) is 45.0 Å². The molecular formula is C11H15NO3. The Morgan fingerprint density at radius 1 is 1.33 bits per heavy atom. The van der Waals surface area contributed by atoms with Crippen LogP contribution >= 0.6 is 0 Å². The minimum Gasteiger partial charge on any atom is -0.456 e. The van der Waals surface area contributed by atoms with Gasteiger partial charge in [-0.3, -0.25) is 10.7 Å². The predicted molar refractivity (Wildman–Crippen MR) is 57.0 cm³/mol. The van der Waals surface area contributed by atoms with Crippen LogP contribution in [-0.2, 0) is 4.74 Å². The summed E-state index contributed by atoms with van der Waals surface area (Å²) in [5.41, 5.74) is 2.07. The molecule has 0 aliphatic rings. The van der Waals surface area contributed by atoms with E-state index in [2.05, 4.69) is 0 Å². The van der Waals surface area contributed by atoms with Crippen LogP contribution < -0.4 is 5.48 Å². The summed E-state index contributed by atoms with van der Waals surface area (Å²) in [5.74, 6) is -0.459. The Balaban J connectivity index is 2.91. The maximum absolute atomic E-state index is 11.7. The molecule has 0 aliphatic heterocycles. The van der Waals surface area contributed by atoms with Gasteiger partial charge in [-0.15, -0.1) is 0 Å². The van der Waals surface area contributed by atoms with Gasteiger partial charge in [0, 0.05) is 0 Å². The summed E-state index contributed by atoms with van der Waals surface area (Å²) in [6, 6.07) is 6.61. The number of hydrogen-bond donors (Lipinski definition) is 2. The number of esters is 1. The average Bonchev–Trinajstić information content (AvgIpc) is 2.15. The largest absolute Gasteiger partial charge is 0.456 e. The maximum atomic E-state index is 11.7. The first-order valence-electron chi connectivity index (χ1n) is 4.66. The maximum Gasteiger partial charge on any atom is 0.340 e. The van der Waals surface area contributed by atoms with Crippen molar-refractivity contribution in [2.24, 2.45) is 0 Å². The molecule has 0 amide bonds. The molecule has 1 aromatic carbocycles. The van der Waals surface area contributed by atoms with Crippen LogP contribution in [0.3, 0.4) is 0 Å². The molecule has 4 nitrogen and oxygen atoms in total. The molecule has 0 radical (unpaired) electrons. The van der Waals surface area contributed by atoms with Gasteiger partial charge in [0.05, 0.1) is 11.3 Å². The van der Waals surface area contributed by atoms with Crippen LogP contribution in [0.15, 0.2) is 24.3 Å². The lowest BCUT2D eigenvalue weighted by atomic mass is 10.1. The fourth-order valence-electron chi connectivity index (χ4n) is 1.09. The van der Waals surface area contributed by atoms with Gasteiger partial charge < -0.3 is 4.74 Å². The van der Waals surface area contributed by atoms with E-state index in [4.69, 9.17) is 9.94 Å². The molecular weight excluding hydrogens is 194 g/mol. The number of carbonyl (C=O) groups is 1. The van der Waals surface area contributed by atoms with Gasteiger partial charge in [0.1, 0.15) is 5.60 Å². The van der Waals surface area contributed by atoms with Gasteiger partial charge >= 0.3 is 5.97 Å². The summed E-state index contributed by atoms with van der Waals surface area (Å²) in [6.45, 7) is 5.37. The van der Waals surface area contributed by atoms with E-state index >= 15 is 0 Å². The highest BCUT2D eigenvalue weighted by molar-refractivity contribution is 5.95. The number of rotatable bonds is 2. The minimum absolute atomic E-state index is 0.315. The molecule has 0 aliphatic carbocycles. The highest BCUT2D eigenvalue weighted by Gasteiger charge is 2.19. The van der Waals surface area contributed by atoms with Crippen molar-refractivity contribution in [1.82, 2.24) is 0 Å². The standard InChI is InChI=1S/C11H15NO3/c1-11(2,3)15-10(13)8-6-4-5-7-9(8)12-14/h4-7,12,14H,1-3H3. The van der Waals surface area contributed by atoms with Crippen LogP contribution in [0.2, 0.25) is 0 Å². The number of anilines is 1. The predicted octanol–water partition coefficient (Wildman–Crippen LogP) is 2.44. The van der Waals surface area contributed by atoms with Crippen LogP contribution in [0.25, 0.3) is 0 Å². The van der Waals surface area contributed by atoms with Gasteiger partial charge in [-0.2, -0.15) is 0 Å². The third-order valence-corrected chi connectivity index (χ3v) is 1.67. The van der Waals surface area contributed by atoms with E-state index in [1.165, 1.54) is 0 Å². The monoisotopic (exact) mass is 209 g/mol. The molecule has 0 aromatic heterocycles. The molecule has 82 valence electrons. The number of benzene rings is 1. The Hall–Kier alpha value is -1.55. The molecule has 15 heavy (non-hydrogen) atoms. The molecule has 4 heteroatoms. The smallest absolute Gasteiger partial charge is 0.340 e. The second-order valence-electron chi connectivity index (χ2n) is 4.16. The van der Waals surface area contributed by atoms with Crippen molar-refractivity contribution in [3.05, 3.63) is 29.8 Å². The van der Waals surface area contributed by atoms with Crippen molar-refractivity contribution in [2.45, 2.75) is 26.4 Å². The number of hydrogen-bond acceptors (Lipinski definition) is 4. The van der Waals surface area contributed by atoms with E-state index in [0.29, 0.717) is 11.3 Å². The second-order valence-corrected chi connectivity index (χ2v) is 4.16. The number of para-hydroxylation sites is 1. The van der Waals surface area contributed by atoms with Crippen molar-refractivity contribution in [2.75, 3.05) is 5.48 Å². The number of nitrogens with one attached hydrogen (secondary N) is 1. The van der Waals surface area contributed by atoms with Gasteiger partial charge in [0.15, 0.2) is 0 Å². The first-order valence-corrected chi connectivity index (χ1v) is 4.66. The van der Waals surface area contributed by atoms with Gasteiger partial charge in [-0.05, 0) is 32.9 Å². The van der Waals surface area contributed by atoms with Crippen LogP contribution in [0.4, 0.5) is 5.69 Å². The van der Waals surface area contributed by atoms with Crippen molar-refractivity contribution in [1.29, 1.82) is 0 Å². The van der Waals surface area contributed by atoms with Gasteiger partial charge in [0.25, 0.3) is 0 Å². The molecule has 2 N–H and O–H groups in total. The Kier molecular flexibility index (Phi) is 3.31. The number of carbonyl (C=O) groups excluding carboxylic acids is 1. The third kappa shape index (κ3) is 3.25. The summed E-state index contributed by atoms with van der Waals surface area (Å²) in [7, 11) is 0. The fraction of sp³-hybridized carbons (Fsp3) is 0.364. The third-order valence-electron chi connectivity index (χ3n) is 1.67. The van der Waals surface area contributed by atoms with Crippen molar-refractivity contribution in [3.63, 3.8) is 0 Å². The topological polar surface area (TPSA) is 58.6 Å². The van der Waals surface area contributed by atoms with Crippen LogP contribution in [0.1, 0.15) is 31.1 Å². The van der Waals surface area contributed by atoms with Crippen molar-refractivity contribution >= 4 is 11.7 Å². The SMILES string of the molecule is CC(C)(C)OC(=O)c1ccccc1NO. The Morgan fingerprint density at radius 2 is 1.93 bits per heavy atom. The van der Waals surface area contributed by atoms with Crippen molar-refractivity contribution < 1.29 is 14.7 Å². The van der Waals surface area contributed by atoms with E-state index in [-0.39, 0.29) is 0 Å². The lowest BCUT2D eigenvalue weighted by molar-refractivity contribution is 0.00700. The number of ether oxygens (including phenoxy) is 1. The minimum atomic E-state index is -0.542. The molecule has 0 atom stereocenters. The average molecular weight is 209 g/mol. The molecule has 0 unspecified atom stereocenters. The normalized spacial score (nSPS) is 10.9. The fourth-order valence-corrected chi connectivity index (χ4v) is 1.09. The van der Waals surface area contributed by atoms with Gasteiger partial charge in [-0.1, -0.05) is 12.1 Å². The molecule has 0 fully saturated rings. The first-order chi connectivity index (χ1) is 6.94. The second kappa shape index (κ2) is 4.31. The lowest BCUT2D eigenvalue weighted by Gasteiger charge is -2.20. The lowest BCUT2D eigenvalue weighted by Crippen LogP contribution is -2.24. The Morgan fingerprint density at radius 3 is 2.47 bits per heavy atom. The zero-order valence-corrected chi connectivity index (χ0v) is 9.07. The summed E-state index contributed by atoms with van der Waals surface area (Å²) in [5, 5.41) is 8.81. The summed E-state index contributed by atoms with van der Waals surface area (Å²) in [4.78, 5) is 11.7. The van der Waals surface area contributed by atoms with E-state index < -0.39 is 11.6 Å². The molecule has 0 saturated carbocycles. The van der Waals surface area contributed by atoms with E-state index in [0.717, 1.165) is 0 Å². The first kappa shape index (κ1) is 11.5. The summed E-state index contributed by atoms with van der Waals surface area (Å²) in [6.07, 6.45) is 0. The molecule has 1 aromatic rings. The van der Waals surface area contributed by atoms with Crippen LogP contribution in [0.5, 0.6) is 0 Å². The molecule has 0 saturated heterocycles. The van der Waals surface area contributed by atoms with Gasteiger partial charge in [0.2, 0.25) is 0 Å². The summed E-state index contributed by atoms with van der Waals surface area (Å²) >= 11 is 0. The summed E-state index contributed by atoms with van der Waals surface area (Å²) < 4.78 is 5.18. The van der Waals surface area contributed by atoms with Crippen LogP contribution in [-0.4, -0.2) is 16.8 Å². The molecule has 0 spiro atoms. The Bertz CT molecular complexity index is 355. The zero-order chi connectivity index (χ0) is 11.5. The Labute approximate surface area is 88.8 Å². The molecule has 0 heterocycles. The van der Waals surface area contributed by atoms with Crippen LogP contribution in [0, 0.1) is 0 Å². The zero-order valence-electron chi connectivity index (χ0n) is 9.07. The molecule has 1 rings (SSSR count). The van der Waals surface area contributed by atoms with E-state index in [1.807, 2.05) is 5.48 Å². The quantitative estimate of drug-likeness (QED) is 0.580.